The molecule has 5 nitrogen and oxygen atoms in total. The van der Waals surface area contributed by atoms with Crippen LogP contribution in [0, 0.1) is 12.7 Å². The summed E-state index contributed by atoms with van der Waals surface area (Å²) in [5, 5.41) is 11.8. The van der Waals surface area contributed by atoms with Gasteiger partial charge >= 0.3 is 0 Å². The zero-order chi connectivity index (χ0) is 10.6. The molecule has 78 valence electrons. The summed E-state index contributed by atoms with van der Waals surface area (Å²) in [6, 6.07) is 0. The Hall–Kier alpha value is -1.27. The average Bonchev–Trinajstić information content (AvgIpc) is 2.20. The summed E-state index contributed by atoms with van der Waals surface area (Å²) in [7, 11) is 0. The summed E-state index contributed by atoms with van der Waals surface area (Å²) in [6.45, 7) is 1.84. The van der Waals surface area contributed by atoms with Crippen LogP contribution in [0.15, 0.2) is 6.33 Å². The lowest BCUT2D eigenvalue weighted by Gasteiger charge is -2.10. The fraction of sp³-hybridized carbons (Fsp3) is 0.500. The van der Waals surface area contributed by atoms with Gasteiger partial charge in [0.15, 0.2) is 11.6 Å². The van der Waals surface area contributed by atoms with Gasteiger partial charge < -0.3 is 16.2 Å². The summed E-state index contributed by atoms with van der Waals surface area (Å²) in [5.74, 6) is -0.415. The SMILES string of the molecule is Cc1ncnc(NCC(O)CN)c1F. The summed E-state index contributed by atoms with van der Waals surface area (Å²) >= 11 is 0. The molecule has 0 saturated carbocycles. The summed E-state index contributed by atoms with van der Waals surface area (Å²) in [4.78, 5) is 7.37. The van der Waals surface area contributed by atoms with E-state index in [1.165, 1.54) is 6.33 Å². The van der Waals surface area contributed by atoms with Crippen LogP contribution in [0.25, 0.3) is 0 Å². The van der Waals surface area contributed by atoms with Crippen LogP contribution in [0.2, 0.25) is 0 Å². The molecule has 0 amide bonds. The molecule has 1 aromatic rings. The Morgan fingerprint density at radius 3 is 3.00 bits per heavy atom. The molecule has 4 N–H and O–H groups in total. The zero-order valence-electron chi connectivity index (χ0n) is 7.87. The number of nitrogens with one attached hydrogen (secondary N) is 1. The monoisotopic (exact) mass is 200 g/mol. The number of rotatable bonds is 4. The predicted octanol–water partition coefficient (Wildman–Crippen LogP) is -0.344. The highest BCUT2D eigenvalue weighted by Crippen LogP contribution is 2.10. The topological polar surface area (TPSA) is 84.1 Å². The highest BCUT2D eigenvalue weighted by atomic mass is 19.1. The van der Waals surface area contributed by atoms with Crippen LogP contribution in [0.3, 0.4) is 0 Å². The number of aromatic nitrogens is 2. The standard InChI is InChI=1S/C8H13FN4O/c1-5-7(9)8(13-4-12-5)11-3-6(14)2-10/h4,6,14H,2-3,10H2,1H3,(H,11,12,13). The number of hydrogen-bond donors (Lipinski definition) is 3. The maximum absolute atomic E-state index is 13.3. The van der Waals surface area contributed by atoms with Crippen molar-refractivity contribution in [3.8, 4) is 0 Å². The molecule has 0 aliphatic heterocycles. The van der Waals surface area contributed by atoms with E-state index >= 15 is 0 Å². The number of aliphatic hydroxyl groups is 1. The second kappa shape index (κ2) is 4.83. The number of aryl methyl sites for hydroxylation is 1. The van der Waals surface area contributed by atoms with Crippen LogP contribution < -0.4 is 11.1 Å². The Morgan fingerprint density at radius 1 is 1.64 bits per heavy atom. The van der Waals surface area contributed by atoms with Gasteiger partial charge in [-0.1, -0.05) is 0 Å². The Kier molecular flexibility index (Phi) is 3.73. The average molecular weight is 200 g/mol. The largest absolute Gasteiger partial charge is 0.390 e. The van der Waals surface area contributed by atoms with E-state index in [-0.39, 0.29) is 24.6 Å². The van der Waals surface area contributed by atoms with Crippen molar-refractivity contribution in [3.63, 3.8) is 0 Å². The number of aliphatic hydroxyl groups excluding tert-OH is 1. The van der Waals surface area contributed by atoms with Gasteiger partial charge in [-0.25, -0.2) is 14.4 Å². The first kappa shape index (κ1) is 10.8. The molecular formula is C8H13FN4O. The normalized spacial score (nSPS) is 12.6. The molecule has 0 fully saturated rings. The van der Waals surface area contributed by atoms with E-state index < -0.39 is 11.9 Å². The van der Waals surface area contributed by atoms with Crippen LogP contribution in [-0.2, 0) is 0 Å². The first-order chi connectivity index (χ1) is 6.65. The molecule has 0 aliphatic carbocycles. The van der Waals surface area contributed by atoms with Crippen molar-refractivity contribution in [2.45, 2.75) is 13.0 Å². The molecule has 0 bridgehead atoms. The van der Waals surface area contributed by atoms with Gasteiger partial charge in [0.1, 0.15) is 6.33 Å². The van der Waals surface area contributed by atoms with Crippen LogP contribution >= 0.6 is 0 Å². The lowest BCUT2D eigenvalue weighted by Crippen LogP contribution is -2.28. The highest BCUT2D eigenvalue weighted by molar-refractivity contribution is 5.36. The van der Waals surface area contributed by atoms with E-state index in [4.69, 9.17) is 10.8 Å². The summed E-state index contributed by atoms with van der Waals surface area (Å²) < 4.78 is 13.3. The van der Waals surface area contributed by atoms with Crippen LogP contribution in [-0.4, -0.2) is 34.3 Å². The minimum absolute atomic E-state index is 0.0880. The van der Waals surface area contributed by atoms with Crippen molar-refractivity contribution in [1.82, 2.24) is 9.97 Å². The molecule has 14 heavy (non-hydrogen) atoms. The summed E-state index contributed by atoms with van der Waals surface area (Å²) in [5.41, 5.74) is 5.46. The van der Waals surface area contributed by atoms with Crippen molar-refractivity contribution in [2.24, 2.45) is 5.73 Å². The molecule has 1 atom stereocenters. The van der Waals surface area contributed by atoms with Crippen LogP contribution in [0.4, 0.5) is 10.2 Å². The smallest absolute Gasteiger partial charge is 0.186 e. The molecule has 0 radical (unpaired) electrons. The predicted molar refractivity (Wildman–Crippen MR) is 50.3 cm³/mol. The first-order valence-corrected chi connectivity index (χ1v) is 4.24. The molecule has 1 rings (SSSR count). The molecule has 1 aromatic heterocycles. The van der Waals surface area contributed by atoms with Crippen molar-refractivity contribution in [1.29, 1.82) is 0 Å². The van der Waals surface area contributed by atoms with Gasteiger partial charge in [0, 0.05) is 13.1 Å². The molecule has 6 heteroatoms. The Balaban J connectivity index is 2.63. The Morgan fingerprint density at radius 2 is 2.36 bits per heavy atom. The maximum atomic E-state index is 13.3. The molecule has 0 spiro atoms. The number of halogens is 1. The molecule has 0 saturated heterocycles. The van der Waals surface area contributed by atoms with E-state index in [2.05, 4.69) is 15.3 Å². The van der Waals surface area contributed by atoms with Crippen molar-refractivity contribution >= 4 is 5.82 Å². The maximum Gasteiger partial charge on any atom is 0.186 e. The lowest BCUT2D eigenvalue weighted by atomic mass is 10.3. The fourth-order valence-corrected chi connectivity index (χ4v) is 0.879. The third-order valence-corrected chi connectivity index (χ3v) is 1.74. The molecule has 0 aromatic carbocycles. The van der Waals surface area contributed by atoms with Crippen LogP contribution in [0.1, 0.15) is 5.69 Å². The number of hydrogen-bond acceptors (Lipinski definition) is 5. The molecular weight excluding hydrogens is 187 g/mol. The highest BCUT2D eigenvalue weighted by Gasteiger charge is 2.08. The summed E-state index contributed by atoms with van der Waals surface area (Å²) in [6.07, 6.45) is 0.555. The van der Waals surface area contributed by atoms with Crippen molar-refractivity contribution < 1.29 is 9.50 Å². The van der Waals surface area contributed by atoms with Crippen molar-refractivity contribution in [2.75, 3.05) is 18.4 Å². The second-order valence-corrected chi connectivity index (χ2v) is 2.89. The fourth-order valence-electron chi connectivity index (χ4n) is 0.879. The number of anilines is 1. The van der Waals surface area contributed by atoms with E-state index in [1.54, 1.807) is 6.92 Å². The second-order valence-electron chi connectivity index (χ2n) is 2.89. The minimum Gasteiger partial charge on any atom is -0.390 e. The van der Waals surface area contributed by atoms with Gasteiger partial charge in [-0.3, -0.25) is 0 Å². The van der Waals surface area contributed by atoms with Gasteiger partial charge in [0.2, 0.25) is 0 Å². The van der Waals surface area contributed by atoms with Gasteiger partial charge in [-0.15, -0.1) is 0 Å². The van der Waals surface area contributed by atoms with Gasteiger partial charge in [0.25, 0.3) is 0 Å². The third kappa shape index (κ3) is 2.61. The van der Waals surface area contributed by atoms with E-state index in [9.17, 15) is 4.39 Å². The molecule has 0 aliphatic rings. The van der Waals surface area contributed by atoms with Gasteiger partial charge in [-0.2, -0.15) is 0 Å². The number of nitrogens with zero attached hydrogens (tertiary/aromatic N) is 2. The van der Waals surface area contributed by atoms with Gasteiger partial charge in [-0.05, 0) is 6.92 Å². The molecule has 1 heterocycles. The molecule has 1 unspecified atom stereocenters. The Bertz CT molecular complexity index is 307. The van der Waals surface area contributed by atoms with E-state index in [0.29, 0.717) is 0 Å². The van der Waals surface area contributed by atoms with Crippen molar-refractivity contribution in [3.05, 3.63) is 17.8 Å². The zero-order valence-corrected chi connectivity index (χ0v) is 7.87. The third-order valence-electron chi connectivity index (χ3n) is 1.74. The van der Waals surface area contributed by atoms with Gasteiger partial charge in [0.05, 0.1) is 11.8 Å². The quantitative estimate of drug-likeness (QED) is 0.619. The number of nitrogens with two attached hydrogens (primary N) is 1. The lowest BCUT2D eigenvalue weighted by molar-refractivity contribution is 0.196. The minimum atomic E-state index is -0.704. The van der Waals surface area contributed by atoms with Crippen LogP contribution in [0.5, 0.6) is 0 Å². The Labute approximate surface area is 81.2 Å². The first-order valence-electron chi connectivity index (χ1n) is 4.24. The van der Waals surface area contributed by atoms with E-state index in [0.717, 1.165) is 0 Å². The van der Waals surface area contributed by atoms with E-state index in [1.807, 2.05) is 0 Å².